The van der Waals surface area contributed by atoms with Crippen LogP contribution in [0.1, 0.15) is 45.5 Å². The first-order chi connectivity index (χ1) is 15.2. The molecule has 3 rings (SSSR count). The molecule has 1 aliphatic rings. The van der Waals surface area contributed by atoms with Gasteiger partial charge < -0.3 is 20.6 Å². The van der Waals surface area contributed by atoms with Crippen molar-refractivity contribution in [3.05, 3.63) is 56.2 Å². The summed E-state index contributed by atoms with van der Waals surface area (Å²) in [5.74, 6) is -5.35. The summed E-state index contributed by atoms with van der Waals surface area (Å²) in [5, 5.41) is 14.6. The summed E-state index contributed by atoms with van der Waals surface area (Å²) in [6.45, 7) is 3.11. The van der Waals surface area contributed by atoms with Crippen molar-refractivity contribution in [1.29, 1.82) is 0 Å². The number of benzene rings is 2. The number of aromatic carboxylic acids is 1. The lowest BCUT2D eigenvalue weighted by molar-refractivity contribution is -0.127. The van der Waals surface area contributed by atoms with Crippen LogP contribution in [0, 0.1) is 22.1 Å². The molecule has 0 unspecified atom stereocenters. The van der Waals surface area contributed by atoms with Gasteiger partial charge in [-0.1, -0.05) is 0 Å². The van der Waals surface area contributed by atoms with Gasteiger partial charge in [0.2, 0.25) is 5.91 Å². The first kappa shape index (κ1) is 23.9. The minimum Gasteiger partial charge on any atom is -0.478 e. The Balaban J connectivity index is 1.83. The zero-order valence-electron chi connectivity index (χ0n) is 17.3. The molecule has 1 saturated heterocycles. The summed E-state index contributed by atoms with van der Waals surface area (Å²) >= 11 is 2.11. The van der Waals surface area contributed by atoms with Crippen molar-refractivity contribution >= 4 is 51.7 Å². The van der Waals surface area contributed by atoms with E-state index in [1.54, 1.807) is 24.0 Å². The number of nitrogens with one attached hydrogen (secondary N) is 2. The quantitative estimate of drug-likeness (QED) is 0.336. The van der Waals surface area contributed by atoms with Gasteiger partial charge in [-0.15, -0.1) is 0 Å². The van der Waals surface area contributed by atoms with Crippen molar-refractivity contribution < 1.29 is 28.3 Å². The lowest BCUT2D eigenvalue weighted by Gasteiger charge is -2.18. The van der Waals surface area contributed by atoms with E-state index in [-0.39, 0.29) is 18.0 Å². The number of anilines is 2. The van der Waals surface area contributed by atoms with Crippen LogP contribution < -0.4 is 10.6 Å². The van der Waals surface area contributed by atoms with E-state index in [9.17, 15) is 28.3 Å². The molecule has 0 saturated carbocycles. The maximum absolute atomic E-state index is 14.8. The summed E-state index contributed by atoms with van der Waals surface area (Å²) in [6, 6.07) is 6.07. The van der Waals surface area contributed by atoms with Crippen molar-refractivity contribution in [2.75, 3.05) is 25.0 Å². The molecule has 0 aliphatic carbocycles. The molecular weight excluding hydrogens is 535 g/mol. The van der Waals surface area contributed by atoms with Crippen LogP contribution in [0.3, 0.4) is 0 Å². The molecule has 1 fully saturated rings. The van der Waals surface area contributed by atoms with E-state index in [2.05, 4.69) is 33.2 Å². The van der Waals surface area contributed by atoms with Gasteiger partial charge in [-0.2, -0.15) is 0 Å². The van der Waals surface area contributed by atoms with Crippen molar-refractivity contribution in [1.82, 2.24) is 10.2 Å². The second-order valence-electron chi connectivity index (χ2n) is 7.46. The third kappa shape index (κ3) is 5.34. The third-order valence-corrected chi connectivity index (χ3v) is 5.86. The first-order valence-electron chi connectivity index (χ1n) is 10.0. The molecular formula is C22H22F2IN3O4. The molecule has 0 atom stereocenters. The fourth-order valence-corrected chi connectivity index (χ4v) is 4.14. The second kappa shape index (κ2) is 10.2. The van der Waals surface area contributed by atoms with Crippen LogP contribution in [0.2, 0.25) is 0 Å². The number of carboxylic acids is 1. The predicted octanol–water partition coefficient (Wildman–Crippen LogP) is 4.06. The number of hydrogen-bond acceptors (Lipinski definition) is 4. The number of hydrogen-bond donors (Lipinski definition) is 3. The Morgan fingerprint density at radius 3 is 2.56 bits per heavy atom. The highest BCUT2D eigenvalue weighted by atomic mass is 127. The standard InChI is InChI=1S/C22H22F2IN3O4/c1-12-10-13(25)5-6-16(12)27-20-15(11-14(22(31)32)18(23)19(20)24)21(30)26-7-3-9-28-8-2-4-17(28)29/h5-6,10-11,27H,2-4,7-9H2,1H3,(H,26,30)(H,31,32). The molecule has 3 N–H and O–H groups in total. The third-order valence-electron chi connectivity index (χ3n) is 5.19. The molecule has 0 bridgehead atoms. The molecule has 2 aromatic rings. The van der Waals surface area contributed by atoms with E-state index >= 15 is 0 Å². The van der Waals surface area contributed by atoms with Crippen LogP contribution >= 0.6 is 22.6 Å². The summed E-state index contributed by atoms with van der Waals surface area (Å²) in [5.41, 5.74) is -0.505. The SMILES string of the molecule is Cc1cc(I)ccc1Nc1c(C(=O)NCCCN2CCCC2=O)cc(C(=O)O)c(F)c1F. The number of nitrogens with zero attached hydrogens (tertiary/aromatic N) is 1. The van der Waals surface area contributed by atoms with E-state index < -0.39 is 34.8 Å². The lowest BCUT2D eigenvalue weighted by Crippen LogP contribution is -2.31. The van der Waals surface area contributed by atoms with Crippen LogP contribution in [0.5, 0.6) is 0 Å². The average Bonchev–Trinajstić information content (AvgIpc) is 3.15. The number of carboxylic acid groups (broad SMARTS) is 1. The number of halogens is 3. The lowest BCUT2D eigenvalue weighted by atomic mass is 10.0. The molecule has 0 radical (unpaired) electrons. The van der Waals surface area contributed by atoms with E-state index in [1.807, 2.05) is 6.07 Å². The Labute approximate surface area is 197 Å². The van der Waals surface area contributed by atoms with Crippen LogP contribution in [0.4, 0.5) is 20.2 Å². The van der Waals surface area contributed by atoms with Crippen LogP contribution in [0.25, 0.3) is 0 Å². The predicted molar refractivity (Wildman–Crippen MR) is 123 cm³/mol. The summed E-state index contributed by atoms with van der Waals surface area (Å²) in [6.07, 6.45) is 1.81. The van der Waals surface area contributed by atoms with Gasteiger partial charge in [-0.3, -0.25) is 9.59 Å². The van der Waals surface area contributed by atoms with Gasteiger partial charge in [-0.05, 0) is 72.2 Å². The molecule has 1 heterocycles. The molecule has 0 spiro atoms. The number of rotatable bonds is 8. The Morgan fingerprint density at radius 2 is 1.94 bits per heavy atom. The maximum Gasteiger partial charge on any atom is 0.338 e. The molecule has 0 aromatic heterocycles. The van der Waals surface area contributed by atoms with E-state index in [0.717, 1.165) is 21.6 Å². The van der Waals surface area contributed by atoms with Crippen LogP contribution in [-0.2, 0) is 4.79 Å². The zero-order valence-corrected chi connectivity index (χ0v) is 19.5. The molecule has 1 aliphatic heterocycles. The highest BCUT2D eigenvalue weighted by Gasteiger charge is 2.26. The monoisotopic (exact) mass is 557 g/mol. The molecule has 7 nitrogen and oxygen atoms in total. The molecule has 2 amide bonds. The number of carbonyl (C=O) groups is 3. The van der Waals surface area contributed by atoms with Gasteiger partial charge in [0.1, 0.15) is 0 Å². The Morgan fingerprint density at radius 1 is 1.19 bits per heavy atom. The summed E-state index contributed by atoms with van der Waals surface area (Å²) in [4.78, 5) is 37.5. The topological polar surface area (TPSA) is 98.7 Å². The van der Waals surface area contributed by atoms with Gasteiger partial charge >= 0.3 is 5.97 Å². The normalized spacial score (nSPS) is 13.4. The van der Waals surface area contributed by atoms with Gasteiger partial charge in [0.05, 0.1) is 16.8 Å². The molecule has 2 aromatic carbocycles. The van der Waals surface area contributed by atoms with Crippen molar-refractivity contribution in [3.8, 4) is 0 Å². The van der Waals surface area contributed by atoms with Crippen molar-refractivity contribution in [2.45, 2.75) is 26.2 Å². The smallest absolute Gasteiger partial charge is 0.338 e. The average molecular weight is 557 g/mol. The largest absolute Gasteiger partial charge is 0.478 e. The van der Waals surface area contributed by atoms with Crippen molar-refractivity contribution in [2.24, 2.45) is 0 Å². The number of likely N-dealkylation sites (tertiary alicyclic amines) is 1. The Hall–Kier alpha value is -2.76. The van der Waals surface area contributed by atoms with Gasteiger partial charge in [0.15, 0.2) is 11.6 Å². The molecule has 10 heteroatoms. The van der Waals surface area contributed by atoms with Gasteiger partial charge in [-0.25, -0.2) is 13.6 Å². The van der Waals surface area contributed by atoms with E-state index in [4.69, 9.17) is 0 Å². The summed E-state index contributed by atoms with van der Waals surface area (Å²) < 4.78 is 30.2. The maximum atomic E-state index is 14.8. The van der Waals surface area contributed by atoms with E-state index in [0.29, 0.717) is 31.6 Å². The fraction of sp³-hybridized carbons (Fsp3) is 0.318. The number of amides is 2. The zero-order chi connectivity index (χ0) is 23.4. The highest BCUT2D eigenvalue weighted by Crippen LogP contribution is 2.31. The minimum absolute atomic E-state index is 0.0717. The van der Waals surface area contributed by atoms with E-state index in [1.165, 1.54) is 0 Å². The van der Waals surface area contributed by atoms with Gasteiger partial charge in [0.25, 0.3) is 5.91 Å². The highest BCUT2D eigenvalue weighted by molar-refractivity contribution is 14.1. The minimum atomic E-state index is -1.68. The summed E-state index contributed by atoms with van der Waals surface area (Å²) in [7, 11) is 0. The Bertz CT molecular complexity index is 1080. The first-order valence-corrected chi connectivity index (χ1v) is 11.1. The number of aryl methyl sites for hydroxylation is 1. The van der Waals surface area contributed by atoms with Crippen molar-refractivity contribution in [3.63, 3.8) is 0 Å². The second-order valence-corrected chi connectivity index (χ2v) is 8.70. The van der Waals surface area contributed by atoms with Crippen LogP contribution in [0.15, 0.2) is 24.3 Å². The van der Waals surface area contributed by atoms with Crippen LogP contribution in [-0.4, -0.2) is 47.4 Å². The number of carbonyl (C=O) groups excluding carboxylic acids is 2. The Kier molecular flexibility index (Phi) is 7.64. The fourth-order valence-electron chi connectivity index (χ4n) is 3.49. The molecule has 170 valence electrons. The van der Waals surface area contributed by atoms with Gasteiger partial charge in [0, 0.05) is 35.3 Å². The molecule has 32 heavy (non-hydrogen) atoms.